The summed E-state index contributed by atoms with van der Waals surface area (Å²) in [5.74, 6) is -0.527. The summed E-state index contributed by atoms with van der Waals surface area (Å²) in [6.07, 6.45) is 5.32. The average molecular weight is 338 g/mol. The van der Waals surface area contributed by atoms with Crippen molar-refractivity contribution >= 4 is 11.9 Å². The fourth-order valence-electron chi connectivity index (χ4n) is 2.29. The molecule has 0 atom stereocenters. The van der Waals surface area contributed by atoms with Gasteiger partial charge in [-0.2, -0.15) is 0 Å². The summed E-state index contributed by atoms with van der Waals surface area (Å²) in [5, 5.41) is 29.6. The van der Waals surface area contributed by atoms with Gasteiger partial charge in [-0.25, -0.2) is 0 Å². The highest BCUT2D eigenvalue weighted by Gasteiger charge is 2.13. The van der Waals surface area contributed by atoms with E-state index in [1.165, 1.54) is 18.2 Å². The van der Waals surface area contributed by atoms with E-state index in [9.17, 15) is 20.1 Å². The number of hydrogen-bond donors (Lipinski definition) is 3. The predicted octanol–water partition coefficient (Wildman–Crippen LogP) is 4.52. The number of aromatic hydroxyl groups is 3. The van der Waals surface area contributed by atoms with Crippen LogP contribution < -0.4 is 0 Å². The van der Waals surface area contributed by atoms with Gasteiger partial charge >= 0.3 is 0 Å². The van der Waals surface area contributed by atoms with Crippen LogP contribution in [0.25, 0.3) is 6.08 Å². The molecule has 2 aromatic carbocycles. The summed E-state index contributed by atoms with van der Waals surface area (Å²) >= 11 is 0. The van der Waals surface area contributed by atoms with Crippen molar-refractivity contribution in [3.05, 3.63) is 70.3 Å². The zero-order chi connectivity index (χ0) is 18.6. The predicted molar refractivity (Wildman–Crippen MR) is 99.1 cm³/mol. The van der Waals surface area contributed by atoms with Crippen LogP contribution in [0, 0.1) is 6.92 Å². The lowest BCUT2D eigenvalue weighted by Crippen LogP contribution is -1.97. The third kappa shape index (κ3) is 4.73. The Morgan fingerprint density at radius 1 is 1.00 bits per heavy atom. The van der Waals surface area contributed by atoms with Gasteiger partial charge < -0.3 is 15.3 Å². The van der Waals surface area contributed by atoms with E-state index in [0.29, 0.717) is 17.5 Å². The number of rotatable bonds is 5. The molecular formula is C21H22O4. The molecule has 0 aromatic heterocycles. The molecule has 4 heteroatoms. The van der Waals surface area contributed by atoms with E-state index >= 15 is 0 Å². The molecule has 2 aromatic rings. The molecule has 0 aliphatic rings. The van der Waals surface area contributed by atoms with Gasteiger partial charge in [0.05, 0.1) is 5.56 Å². The van der Waals surface area contributed by atoms with Gasteiger partial charge in [0.1, 0.15) is 17.2 Å². The first kappa shape index (κ1) is 18.3. The molecule has 0 radical (unpaired) electrons. The topological polar surface area (TPSA) is 77.8 Å². The highest BCUT2D eigenvalue weighted by Crippen LogP contribution is 2.29. The molecule has 0 amide bonds. The van der Waals surface area contributed by atoms with E-state index < -0.39 is 0 Å². The number of phenolic OH excluding ortho intramolecular Hbond substituents is 3. The highest BCUT2D eigenvalue weighted by atomic mass is 16.3. The van der Waals surface area contributed by atoms with Gasteiger partial charge in [0.2, 0.25) is 0 Å². The van der Waals surface area contributed by atoms with Crippen LogP contribution in [0.5, 0.6) is 17.2 Å². The second-order valence-corrected chi connectivity index (χ2v) is 6.23. The number of phenols is 3. The van der Waals surface area contributed by atoms with Crippen molar-refractivity contribution < 1.29 is 20.1 Å². The van der Waals surface area contributed by atoms with Gasteiger partial charge in [-0.3, -0.25) is 4.79 Å². The molecule has 130 valence electrons. The molecule has 0 aliphatic carbocycles. The molecule has 2 rings (SSSR count). The maximum atomic E-state index is 12.4. The minimum Gasteiger partial charge on any atom is -0.508 e. The summed E-state index contributed by atoms with van der Waals surface area (Å²) in [6.45, 7) is 5.68. The molecule has 3 N–H and O–H groups in total. The quantitative estimate of drug-likeness (QED) is 0.426. The third-order valence-corrected chi connectivity index (χ3v) is 3.85. The number of carbonyl (C=O) groups is 1. The van der Waals surface area contributed by atoms with Crippen LogP contribution in [0.1, 0.15) is 40.9 Å². The van der Waals surface area contributed by atoms with Crippen LogP contribution >= 0.6 is 0 Å². The Bertz CT molecular complexity index is 856. The Morgan fingerprint density at radius 2 is 1.72 bits per heavy atom. The van der Waals surface area contributed by atoms with Gasteiger partial charge in [-0.1, -0.05) is 29.9 Å². The number of ketones is 1. The summed E-state index contributed by atoms with van der Waals surface area (Å²) in [5.41, 5.74) is 3.23. The number of carbonyl (C=O) groups excluding carboxylic acids is 1. The van der Waals surface area contributed by atoms with Gasteiger partial charge in [-0.15, -0.1) is 0 Å². The molecule has 0 saturated heterocycles. The van der Waals surface area contributed by atoms with Crippen LogP contribution in [-0.4, -0.2) is 21.1 Å². The molecule has 0 heterocycles. The van der Waals surface area contributed by atoms with Crippen LogP contribution in [-0.2, 0) is 6.42 Å². The summed E-state index contributed by atoms with van der Waals surface area (Å²) in [6, 6.07) is 7.80. The largest absolute Gasteiger partial charge is 0.508 e. The van der Waals surface area contributed by atoms with E-state index in [0.717, 1.165) is 11.1 Å². The SMILES string of the molecule is CC(C)=CCc1cc(C(=O)/C=C/c2ccc(C)c(O)c2)c(O)cc1O. The van der Waals surface area contributed by atoms with E-state index in [2.05, 4.69) is 0 Å². The van der Waals surface area contributed by atoms with Crippen molar-refractivity contribution in [3.63, 3.8) is 0 Å². The van der Waals surface area contributed by atoms with E-state index in [1.807, 2.05) is 19.9 Å². The Morgan fingerprint density at radius 3 is 2.36 bits per heavy atom. The molecule has 0 spiro atoms. The first-order valence-corrected chi connectivity index (χ1v) is 7.98. The van der Waals surface area contributed by atoms with Gasteiger partial charge in [-0.05, 0) is 62.1 Å². The lowest BCUT2D eigenvalue weighted by atomic mass is 10.0. The average Bonchev–Trinajstić information content (AvgIpc) is 2.54. The fraction of sp³-hybridized carbons (Fsp3) is 0.190. The number of allylic oxidation sites excluding steroid dienone is 3. The number of aryl methyl sites for hydroxylation is 1. The molecule has 25 heavy (non-hydrogen) atoms. The maximum absolute atomic E-state index is 12.4. The molecule has 4 nitrogen and oxygen atoms in total. The highest BCUT2D eigenvalue weighted by molar-refractivity contribution is 6.08. The Labute approximate surface area is 147 Å². The molecule has 0 fully saturated rings. The molecule has 0 bridgehead atoms. The summed E-state index contributed by atoms with van der Waals surface area (Å²) in [4.78, 5) is 12.4. The normalized spacial score (nSPS) is 10.8. The van der Waals surface area contributed by atoms with Crippen molar-refractivity contribution in [1.82, 2.24) is 0 Å². The Balaban J connectivity index is 2.28. The van der Waals surface area contributed by atoms with Crippen LogP contribution in [0.4, 0.5) is 0 Å². The van der Waals surface area contributed by atoms with E-state index in [-0.39, 0.29) is 28.6 Å². The molecular weight excluding hydrogens is 316 g/mol. The zero-order valence-electron chi connectivity index (χ0n) is 14.6. The second-order valence-electron chi connectivity index (χ2n) is 6.23. The Kier molecular flexibility index (Phi) is 5.65. The third-order valence-electron chi connectivity index (χ3n) is 3.85. The molecule has 0 aliphatic heterocycles. The lowest BCUT2D eigenvalue weighted by molar-refractivity contribution is 0.104. The van der Waals surface area contributed by atoms with Crippen molar-refractivity contribution in [2.24, 2.45) is 0 Å². The van der Waals surface area contributed by atoms with Crippen LogP contribution in [0.3, 0.4) is 0 Å². The van der Waals surface area contributed by atoms with Gasteiger partial charge in [0.15, 0.2) is 5.78 Å². The molecule has 0 unspecified atom stereocenters. The van der Waals surface area contributed by atoms with Crippen molar-refractivity contribution in [2.75, 3.05) is 0 Å². The fourth-order valence-corrected chi connectivity index (χ4v) is 2.29. The van der Waals surface area contributed by atoms with Crippen molar-refractivity contribution in [1.29, 1.82) is 0 Å². The summed E-state index contributed by atoms with van der Waals surface area (Å²) < 4.78 is 0. The molecule has 0 saturated carbocycles. The zero-order valence-corrected chi connectivity index (χ0v) is 14.6. The van der Waals surface area contributed by atoms with Crippen LogP contribution in [0.2, 0.25) is 0 Å². The second kappa shape index (κ2) is 7.71. The lowest BCUT2D eigenvalue weighted by Gasteiger charge is -2.07. The van der Waals surface area contributed by atoms with Gasteiger partial charge in [0, 0.05) is 6.07 Å². The van der Waals surface area contributed by atoms with Gasteiger partial charge in [0.25, 0.3) is 0 Å². The van der Waals surface area contributed by atoms with E-state index in [1.54, 1.807) is 31.2 Å². The van der Waals surface area contributed by atoms with Crippen molar-refractivity contribution in [3.8, 4) is 17.2 Å². The summed E-state index contributed by atoms with van der Waals surface area (Å²) in [7, 11) is 0. The minimum atomic E-state index is -0.379. The first-order chi connectivity index (χ1) is 11.8. The van der Waals surface area contributed by atoms with Crippen molar-refractivity contribution in [2.45, 2.75) is 27.2 Å². The monoisotopic (exact) mass is 338 g/mol. The first-order valence-electron chi connectivity index (χ1n) is 7.98. The number of benzene rings is 2. The smallest absolute Gasteiger partial charge is 0.189 e. The van der Waals surface area contributed by atoms with E-state index in [4.69, 9.17) is 0 Å². The standard InChI is InChI=1S/C21H22O4/c1-13(2)4-8-16-11-17(21(25)12-20(16)24)18(22)9-7-15-6-5-14(3)19(23)10-15/h4-7,9-12,23-25H,8H2,1-3H3/b9-7+. The minimum absolute atomic E-state index is 0.0426. The van der Waals surface area contributed by atoms with Crippen LogP contribution in [0.15, 0.2) is 48.1 Å². The maximum Gasteiger partial charge on any atom is 0.189 e. The number of hydrogen-bond acceptors (Lipinski definition) is 4. The Hall–Kier alpha value is -3.01.